The zero-order valence-electron chi connectivity index (χ0n) is 7.95. The second-order valence-electron chi connectivity index (χ2n) is 2.67. The molecule has 0 aliphatic heterocycles. The Bertz CT molecular complexity index is 301. The maximum atomic E-state index is 11.0. The quantitative estimate of drug-likeness (QED) is 0.327. The number of carbonyl (C=O) groups is 1. The van der Waals surface area contributed by atoms with Gasteiger partial charge in [-0.25, -0.2) is 10.8 Å². The normalized spacial score (nSPS) is 10.1. The van der Waals surface area contributed by atoms with E-state index in [2.05, 4.69) is 4.98 Å². The Morgan fingerprint density at radius 2 is 2.57 bits per heavy atom. The number of ether oxygens (including phenoxy) is 1. The van der Waals surface area contributed by atoms with Gasteiger partial charge < -0.3 is 4.74 Å². The summed E-state index contributed by atoms with van der Waals surface area (Å²) in [6, 6.07) is 0. The van der Waals surface area contributed by atoms with Crippen LogP contribution in [0.1, 0.15) is 28.8 Å². The van der Waals surface area contributed by atoms with Gasteiger partial charge in [0.1, 0.15) is 0 Å². The molecule has 0 unspecified atom stereocenters. The Labute approximate surface area is 86.3 Å². The zero-order valence-corrected chi connectivity index (χ0v) is 8.76. The SMILES string of the molecule is CCCOCc1csc(C(=O)NN)n1. The lowest BCUT2D eigenvalue weighted by Crippen LogP contribution is -2.29. The van der Waals surface area contributed by atoms with Crippen molar-refractivity contribution < 1.29 is 9.53 Å². The van der Waals surface area contributed by atoms with Crippen LogP contribution in [0.4, 0.5) is 0 Å². The van der Waals surface area contributed by atoms with Crippen LogP contribution in [0.5, 0.6) is 0 Å². The molecule has 3 N–H and O–H groups in total. The molecule has 0 bridgehead atoms. The zero-order chi connectivity index (χ0) is 10.4. The van der Waals surface area contributed by atoms with E-state index >= 15 is 0 Å². The van der Waals surface area contributed by atoms with Crippen LogP contribution in [0.3, 0.4) is 0 Å². The van der Waals surface area contributed by atoms with Crippen LogP contribution >= 0.6 is 11.3 Å². The molecule has 14 heavy (non-hydrogen) atoms. The van der Waals surface area contributed by atoms with Crippen molar-refractivity contribution in [3.05, 3.63) is 16.1 Å². The number of hydrogen-bond acceptors (Lipinski definition) is 5. The second kappa shape index (κ2) is 5.69. The van der Waals surface area contributed by atoms with Crippen molar-refractivity contribution in [1.29, 1.82) is 0 Å². The second-order valence-corrected chi connectivity index (χ2v) is 3.53. The Kier molecular flexibility index (Phi) is 4.51. The first-order chi connectivity index (χ1) is 6.77. The fraction of sp³-hybridized carbons (Fsp3) is 0.500. The molecule has 1 heterocycles. The molecular formula is C8H13N3O2S. The van der Waals surface area contributed by atoms with Gasteiger partial charge in [-0.15, -0.1) is 11.3 Å². The predicted molar refractivity (Wildman–Crippen MR) is 53.7 cm³/mol. The monoisotopic (exact) mass is 215 g/mol. The van der Waals surface area contributed by atoms with Crippen LogP contribution in [0.15, 0.2) is 5.38 Å². The van der Waals surface area contributed by atoms with E-state index in [1.54, 1.807) is 5.38 Å². The van der Waals surface area contributed by atoms with Gasteiger partial charge in [-0.3, -0.25) is 10.2 Å². The summed E-state index contributed by atoms with van der Waals surface area (Å²) >= 11 is 1.26. The number of nitrogen functional groups attached to an aromatic ring is 1. The summed E-state index contributed by atoms with van der Waals surface area (Å²) in [5, 5.41) is 2.16. The molecule has 0 spiro atoms. The van der Waals surface area contributed by atoms with Gasteiger partial charge in [0.15, 0.2) is 5.01 Å². The minimum Gasteiger partial charge on any atom is -0.375 e. The van der Waals surface area contributed by atoms with Crippen molar-refractivity contribution >= 4 is 17.2 Å². The fourth-order valence-corrected chi connectivity index (χ4v) is 1.56. The number of nitrogens with one attached hydrogen (secondary N) is 1. The third kappa shape index (κ3) is 3.06. The number of nitrogens with zero attached hydrogens (tertiary/aromatic N) is 1. The average molecular weight is 215 g/mol. The van der Waals surface area contributed by atoms with Crippen LogP contribution in [0.2, 0.25) is 0 Å². The highest BCUT2D eigenvalue weighted by molar-refractivity contribution is 7.11. The molecule has 1 amide bonds. The van der Waals surface area contributed by atoms with Crippen molar-refractivity contribution in [2.24, 2.45) is 5.84 Å². The van der Waals surface area contributed by atoms with Gasteiger partial charge in [0.2, 0.25) is 0 Å². The largest absolute Gasteiger partial charge is 0.375 e. The lowest BCUT2D eigenvalue weighted by Gasteiger charge is -1.97. The molecule has 78 valence electrons. The smallest absolute Gasteiger partial charge is 0.294 e. The number of aromatic nitrogens is 1. The molecule has 0 aromatic carbocycles. The Balaban J connectivity index is 2.46. The molecule has 0 aliphatic carbocycles. The van der Waals surface area contributed by atoms with Crippen LogP contribution in [-0.4, -0.2) is 17.5 Å². The Morgan fingerprint density at radius 3 is 3.21 bits per heavy atom. The molecule has 1 aromatic rings. The molecule has 0 fully saturated rings. The highest BCUT2D eigenvalue weighted by Gasteiger charge is 2.08. The minimum atomic E-state index is -0.364. The number of nitrogens with two attached hydrogens (primary N) is 1. The first kappa shape index (κ1) is 11.1. The highest BCUT2D eigenvalue weighted by atomic mass is 32.1. The van der Waals surface area contributed by atoms with E-state index in [1.807, 2.05) is 12.3 Å². The minimum absolute atomic E-state index is 0.364. The summed E-state index contributed by atoms with van der Waals surface area (Å²) in [7, 11) is 0. The van der Waals surface area contributed by atoms with E-state index in [-0.39, 0.29) is 5.91 Å². The van der Waals surface area contributed by atoms with Gasteiger partial charge in [0, 0.05) is 12.0 Å². The topological polar surface area (TPSA) is 77.2 Å². The summed E-state index contributed by atoms with van der Waals surface area (Å²) in [6.07, 6.45) is 0.973. The van der Waals surface area contributed by atoms with Crippen LogP contribution in [0, 0.1) is 0 Å². The maximum Gasteiger partial charge on any atom is 0.294 e. The summed E-state index contributed by atoms with van der Waals surface area (Å²) < 4.78 is 5.28. The van der Waals surface area contributed by atoms with Crippen LogP contribution in [0.25, 0.3) is 0 Å². The van der Waals surface area contributed by atoms with Crippen molar-refractivity contribution in [3.63, 3.8) is 0 Å². The van der Waals surface area contributed by atoms with Gasteiger partial charge in [0.05, 0.1) is 12.3 Å². The summed E-state index contributed by atoms with van der Waals surface area (Å²) in [5.41, 5.74) is 2.80. The van der Waals surface area contributed by atoms with Gasteiger partial charge >= 0.3 is 0 Å². The van der Waals surface area contributed by atoms with Crippen molar-refractivity contribution in [3.8, 4) is 0 Å². The number of thiazole rings is 1. The van der Waals surface area contributed by atoms with Gasteiger partial charge in [0.25, 0.3) is 5.91 Å². The van der Waals surface area contributed by atoms with Gasteiger partial charge in [-0.1, -0.05) is 6.92 Å². The summed E-state index contributed by atoms with van der Waals surface area (Å²) in [4.78, 5) is 15.1. The average Bonchev–Trinajstić information content (AvgIpc) is 2.66. The summed E-state index contributed by atoms with van der Waals surface area (Å²) in [6.45, 7) is 3.19. The van der Waals surface area contributed by atoms with Gasteiger partial charge in [-0.05, 0) is 6.42 Å². The lowest BCUT2D eigenvalue weighted by molar-refractivity contribution is 0.0951. The van der Waals surface area contributed by atoms with E-state index in [1.165, 1.54) is 11.3 Å². The van der Waals surface area contributed by atoms with Crippen LogP contribution < -0.4 is 11.3 Å². The van der Waals surface area contributed by atoms with Crippen molar-refractivity contribution in [1.82, 2.24) is 10.4 Å². The third-order valence-electron chi connectivity index (χ3n) is 1.48. The standard InChI is InChI=1S/C8H13N3O2S/c1-2-3-13-4-6-5-14-8(10-6)7(12)11-9/h5H,2-4,9H2,1H3,(H,11,12). The molecule has 0 saturated heterocycles. The maximum absolute atomic E-state index is 11.0. The van der Waals surface area contributed by atoms with E-state index in [4.69, 9.17) is 10.6 Å². The third-order valence-corrected chi connectivity index (χ3v) is 2.37. The van der Waals surface area contributed by atoms with E-state index < -0.39 is 0 Å². The van der Waals surface area contributed by atoms with E-state index in [9.17, 15) is 4.79 Å². The number of rotatable bonds is 5. The predicted octanol–water partition coefficient (Wildman–Crippen LogP) is 0.673. The number of hydrazine groups is 1. The molecule has 0 aliphatic rings. The fourth-order valence-electron chi connectivity index (χ4n) is 0.860. The lowest BCUT2D eigenvalue weighted by atomic mass is 10.5. The van der Waals surface area contributed by atoms with E-state index in [0.29, 0.717) is 18.2 Å². The first-order valence-electron chi connectivity index (χ1n) is 4.31. The first-order valence-corrected chi connectivity index (χ1v) is 5.19. The Morgan fingerprint density at radius 1 is 1.79 bits per heavy atom. The molecule has 6 heteroatoms. The molecule has 0 radical (unpaired) electrons. The number of hydrogen-bond donors (Lipinski definition) is 2. The van der Waals surface area contributed by atoms with Crippen molar-refractivity contribution in [2.75, 3.05) is 6.61 Å². The molecule has 1 aromatic heterocycles. The highest BCUT2D eigenvalue weighted by Crippen LogP contribution is 2.10. The number of amides is 1. The molecule has 5 nitrogen and oxygen atoms in total. The van der Waals surface area contributed by atoms with Gasteiger partial charge in [-0.2, -0.15) is 0 Å². The Hall–Kier alpha value is -0.980. The van der Waals surface area contributed by atoms with Crippen molar-refractivity contribution in [2.45, 2.75) is 20.0 Å². The van der Waals surface area contributed by atoms with Crippen LogP contribution in [-0.2, 0) is 11.3 Å². The summed E-state index contributed by atoms with van der Waals surface area (Å²) in [5.74, 6) is 4.61. The number of carbonyl (C=O) groups excluding carboxylic acids is 1. The van der Waals surface area contributed by atoms with E-state index in [0.717, 1.165) is 12.1 Å². The molecule has 0 atom stereocenters. The molecule has 0 saturated carbocycles. The molecular weight excluding hydrogens is 202 g/mol. The molecule has 1 rings (SSSR count).